The molecule has 0 atom stereocenters. The molecule has 0 bridgehead atoms. The highest BCUT2D eigenvalue weighted by atomic mass is 16.5. The van der Waals surface area contributed by atoms with Gasteiger partial charge in [0, 0.05) is 25.7 Å². The molecule has 2 N–H and O–H groups in total. The van der Waals surface area contributed by atoms with Crippen LogP contribution in [0.25, 0.3) is 0 Å². The van der Waals surface area contributed by atoms with Crippen LogP contribution in [0, 0.1) is 0 Å². The van der Waals surface area contributed by atoms with E-state index in [0.717, 1.165) is 32.8 Å². The fourth-order valence-corrected chi connectivity index (χ4v) is 1.64. The van der Waals surface area contributed by atoms with Crippen molar-refractivity contribution in [3.8, 4) is 0 Å². The monoisotopic (exact) mass is 202 g/mol. The van der Waals surface area contributed by atoms with Crippen molar-refractivity contribution in [2.75, 3.05) is 46.0 Å². The maximum absolute atomic E-state index is 8.55. The highest BCUT2D eigenvalue weighted by Gasteiger charge is 2.23. The summed E-state index contributed by atoms with van der Waals surface area (Å²) in [5.74, 6) is 0. The second-order valence-electron chi connectivity index (χ2n) is 3.68. The number of hydrogen-bond donors (Lipinski definition) is 2. The topological polar surface area (TPSA) is 44.7 Å². The van der Waals surface area contributed by atoms with E-state index in [4.69, 9.17) is 9.84 Å². The Balaban J connectivity index is 2.08. The van der Waals surface area contributed by atoms with Gasteiger partial charge in [-0.15, -0.1) is 0 Å². The number of rotatable bonds is 8. The summed E-state index contributed by atoms with van der Waals surface area (Å²) >= 11 is 0. The third kappa shape index (κ3) is 3.92. The van der Waals surface area contributed by atoms with Gasteiger partial charge in [-0.2, -0.15) is 0 Å². The molecule has 1 fully saturated rings. The first-order chi connectivity index (χ1) is 6.88. The van der Waals surface area contributed by atoms with Gasteiger partial charge >= 0.3 is 0 Å². The van der Waals surface area contributed by atoms with Gasteiger partial charge < -0.3 is 15.2 Å². The summed E-state index contributed by atoms with van der Waals surface area (Å²) in [4.78, 5) is 2.47. The van der Waals surface area contributed by atoms with Crippen molar-refractivity contribution in [1.82, 2.24) is 10.2 Å². The van der Waals surface area contributed by atoms with Crippen LogP contribution in [0.15, 0.2) is 0 Å². The second kappa shape index (κ2) is 7.17. The molecule has 1 heterocycles. The van der Waals surface area contributed by atoms with Gasteiger partial charge in [0.15, 0.2) is 0 Å². The predicted molar refractivity (Wildman–Crippen MR) is 56.4 cm³/mol. The molecule has 84 valence electrons. The molecule has 0 amide bonds. The first kappa shape index (κ1) is 11.9. The van der Waals surface area contributed by atoms with Gasteiger partial charge in [0.1, 0.15) is 0 Å². The van der Waals surface area contributed by atoms with E-state index in [9.17, 15) is 0 Å². The van der Waals surface area contributed by atoms with E-state index in [1.54, 1.807) is 0 Å². The number of aliphatic hydroxyl groups excluding tert-OH is 1. The third-order valence-electron chi connectivity index (χ3n) is 2.55. The Morgan fingerprint density at radius 1 is 1.36 bits per heavy atom. The molecule has 1 saturated heterocycles. The molecule has 4 nitrogen and oxygen atoms in total. The predicted octanol–water partition coefficient (Wildman–Crippen LogP) is -0.321. The molecular weight excluding hydrogens is 180 g/mol. The molecule has 4 heteroatoms. The van der Waals surface area contributed by atoms with Crippen LogP contribution >= 0.6 is 0 Å². The smallest absolute Gasteiger partial charge is 0.0698 e. The van der Waals surface area contributed by atoms with E-state index in [2.05, 4.69) is 17.1 Å². The van der Waals surface area contributed by atoms with Crippen molar-refractivity contribution >= 4 is 0 Å². The van der Waals surface area contributed by atoms with Crippen LogP contribution < -0.4 is 5.32 Å². The third-order valence-corrected chi connectivity index (χ3v) is 2.55. The van der Waals surface area contributed by atoms with Crippen molar-refractivity contribution in [2.24, 2.45) is 0 Å². The number of ether oxygens (including phenoxy) is 1. The molecule has 0 aromatic carbocycles. The molecule has 1 aliphatic heterocycles. The Hall–Kier alpha value is -0.160. The molecule has 0 aliphatic carbocycles. The summed E-state index contributed by atoms with van der Waals surface area (Å²) < 4.78 is 5.27. The lowest BCUT2D eigenvalue weighted by Gasteiger charge is -2.38. The molecule has 0 spiro atoms. The summed E-state index contributed by atoms with van der Waals surface area (Å²) in [6.07, 6.45) is 1.19. The van der Waals surface area contributed by atoms with Crippen molar-refractivity contribution in [2.45, 2.75) is 19.4 Å². The van der Waals surface area contributed by atoms with E-state index in [-0.39, 0.29) is 6.61 Å². The highest BCUT2D eigenvalue weighted by molar-refractivity contribution is 4.84. The zero-order valence-corrected chi connectivity index (χ0v) is 9.04. The molecule has 1 aliphatic rings. The lowest BCUT2D eigenvalue weighted by Crippen LogP contribution is -2.57. The van der Waals surface area contributed by atoms with Gasteiger partial charge in [0.2, 0.25) is 0 Å². The summed E-state index contributed by atoms with van der Waals surface area (Å²) in [6, 6.07) is 0.702. The van der Waals surface area contributed by atoms with Crippen molar-refractivity contribution in [3.63, 3.8) is 0 Å². The number of nitrogens with zero attached hydrogens (tertiary/aromatic N) is 1. The van der Waals surface area contributed by atoms with Crippen molar-refractivity contribution in [1.29, 1.82) is 0 Å². The fourth-order valence-electron chi connectivity index (χ4n) is 1.64. The largest absolute Gasteiger partial charge is 0.394 e. The van der Waals surface area contributed by atoms with E-state index >= 15 is 0 Å². The van der Waals surface area contributed by atoms with Crippen LogP contribution in [0.3, 0.4) is 0 Å². The van der Waals surface area contributed by atoms with E-state index in [1.165, 1.54) is 6.42 Å². The van der Waals surface area contributed by atoms with Crippen LogP contribution in [-0.2, 0) is 4.74 Å². The van der Waals surface area contributed by atoms with Crippen LogP contribution in [0.4, 0.5) is 0 Å². The second-order valence-corrected chi connectivity index (χ2v) is 3.68. The van der Waals surface area contributed by atoms with Crippen LogP contribution in [0.5, 0.6) is 0 Å². The Labute approximate surface area is 86.2 Å². The van der Waals surface area contributed by atoms with E-state index < -0.39 is 0 Å². The number of hydrogen-bond acceptors (Lipinski definition) is 4. The number of aliphatic hydroxyl groups is 1. The van der Waals surface area contributed by atoms with Crippen LogP contribution in [0.2, 0.25) is 0 Å². The average Bonchev–Trinajstić information content (AvgIpc) is 2.10. The first-order valence-corrected chi connectivity index (χ1v) is 5.51. The zero-order chi connectivity index (χ0) is 10.2. The minimum Gasteiger partial charge on any atom is -0.394 e. The van der Waals surface area contributed by atoms with Gasteiger partial charge in [-0.05, 0) is 13.0 Å². The van der Waals surface area contributed by atoms with Gasteiger partial charge in [-0.3, -0.25) is 4.90 Å². The van der Waals surface area contributed by atoms with Gasteiger partial charge in [-0.1, -0.05) is 6.92 Å². The van der Waals surface area contributed by atoms with E-state index in [1.807, 2.05) is 0 Å². The lowest BCUT2D eigenvalue weighted by molar-refractivity contribution is 0.0539. The Bertz CT molecular complexity index is 140. The Kier molecular flexibility index (Phi) is 6.10. The summed E-state index contributed by atoms with van der Waals surface area (Å²) in [5, 5.41) is 11.8. The van der Waals surface area contributed by atoms with Crippen molar-refractivity contribution in [3.05, 3.63) is 0 Å². The molecule has 0 aromatic rings. The van der Waals surface area contributed by atoms with Gasteiger partial charge in [0.25, 0.3) is 0 Å². The maximum atomic E-state index is 8.55. The molecule has 0 aromatic heterocycles. The highest BCUT2D eigenvalue weighted by Crippen LogP contribution is 2.05. The Morgan fingerprint density at radius 3 is 2.64 bits per heavy atom. The lowest BCUT2D eigenvalue weighted by atomic mass is 10.1. The molecule has 14 heavy (non-hydrogen) atoms. The normalized spacial score (nSPS) is 17.4. The standard InChI is InChI=1S/C10H22N2O2/c1-2-3-12(10-8-11-9-10)4-6-14-7-5-13/h10-11,13H,2-9H2,1H3. The summed E-state index contributed by atoms with van der Waals surface area (Å²) in [5.41, 5.74) is 0. The van der Waals surface area contributed by atoms with E-state index in [0.29, 0.717) is 12.6 Å². The summed E-state index contributed by atoms with van der Waals surface area (Å²) in [7, 11) is 0. The quantitative estimate of drug-likeness (QED) is 0.530. The zero-order valence-electron chi connectivity index (χ0n) is 9.04. The molecular formula is C10H22N2O2. The maximum Gasteiger partial charge on any atom is 0.0698 e. The molecule has 0 radical (unpaired) electrons. The fraction of sp³-hybridized carbons (Fsp3) is 1.00. The molecule has 0 unspecified atom stereocenters. The SMILES string of the molecule is CCCN(CCOCCO)C1CNC1. The Morgan fingerprint density at radius 2 is 2.14 bits per heavy atom. The summed E-state index contributed by atoms with van der Waals surface area (Å²) in [6.45, 7) is 7.88. The van der Waals surface area contributed by atoms with Crippen molar-refractivity contribution < 1.29 is 9.84 Å². The first-order valence-electron chi connectivity index (χ1n) is 5.51. The minimum absolute atomic E-state index is 0.124. The van der Waals surface area contributed by atoms with Gasteiger partial charge in [-0.25, -0.2) is 0 Å². The minimum atomic E-state index is 0.124. The van der Waals surface area contributed by atoms with Crippen LogP contribution in [-0.4, -0.2) is 62.0 Å². The average molecular weight is 202 g/mol. The van der Waals surface area contributed by atoms with Crippen LogP contribution in [0.1, 0.15) is 13.3 Å². The number of nitrogens with one attached hydrogen (secondary N) is 1. The molecule has 1 rings (SSSR count). The van der Waals surface area contributed by atoms with Gasteiger partial charge in [0.05, 0.1) is 19.8 Å². The molecule has 0 saturated carbocycles.